The number of aromatic amines is 1. The highest BCUT2D eigenvalue weighted by Gasteiger charge is 2.18. The summed E-state index contributed by atoms with van der Waals surface area (Å²) in [6.07, 6.45) is 6.72. The molecule has 3 aromatic rings. The van der Waals surface area contributed by atoms with Crippen LogP contribution in [0.2, 0.25) is 5.02 Å². The normalized spacial score (nSPS) is 11.4. The van der Waals surface area contributed by atoms with Crippen molar-refractivity contribution in [3.63, 3.8) is 0 Å². The number of aliphatic imine (C=N–C) groups is 1. The van der Waals surface area contributed by atoms with Crippen LogP contribution in [0.1, 0.15) is 62.5 Å². The van der Waals surface area contributed by atoms with Crippen LogP contribution in [0.3, 0.4) is 0 Å². The summed E-state index contributed by atoms with van der Waals surface area (Å²) in [5, 5.41) is 12.7. The Labute approximate surface area is 206 Å². The predicted molar refractivity (Wildman–Crippen MR) is 140 cm³/mol. The number of hydrogen-bond acceptors (Lipinski definition) is 6. The molecule has 8 nitrogen and oxygen atoms in total. The lowest BCUT2D eigenvalue weighted by atomic mass is 9.99. The van der Waals surface area contributed by atoms with Crippen LogP contribution in [0.25, 0.3) is 5.57 Å². The van der Waals surface area contributed by atoms with Gasteiger partial charge in [-0.3, -0.25) is 4.68 Å². The van der Waals surface area contributed by atoms with Gasteiger partial charge in [-0.2, -0.15) is 5.10 Å². The molecule has 0 bridgehead atoms. The SMILES string of the molecule is C=C(c1cc(OC)c(OC)cc1Cl)c1cn(Cc2nc3c([nH]2)CCC=N3)nc1C=N.CC.CC. The second-order valence-electron chi connectivity index (χ2n) is 6.77. The van der Waals surface area contributed by atoms with Crippen molar-refractivity contribution in [2.75, 3.05) is 14.2 Å². The molecule has 0 saturated heterocycles. The highest BCUT2D eigenvalue weighted by molar-refractivity contribution is 6.32. The molecule has 182 valence electrons. The second kappa shape index (κ2) is 12.7. The highest BCUT2D eigenvalue weighted by Crippen LogP contribution is 2.38. The number of aryl methyl sites for hydroxylation is 1. The van der Waals surface area contributed by atoms with Crippen molar-refractivity contribution in [1.29, 1.82) is 5.41 Å². The van der Waals surface area contributed by atoms with Crippen molar-refractivity contribution in [3.05, 3.63) is 58.3 Å². The van der Waals surface area contributed by atoms with Crippen molar-refractivity contribution in [3.8, 4) is 11.5 Å². The molecule has 0 atom stereocenters. The lowest BCUT2D eigenvalue weighted by molar-refractivity contribution is 0.355. The fraction of sp³-hybridized carbons (Fsp3) is 0.360. The van der Waals surface area contributed by atoms with Gasteiger partial charge in [0, 0.05) is 35.8 Å². The first-order chi connectivity index (χ1) is 16.5. The Hall–Kier alpha value is -3.39. The van der Waals surface area contributed by atoms with Crippen molar-refractivity contribution in [2.24, 2.45) is 4.99 Å². The average Bonchev–Trinajstić information content (AvgIpc) is 3.49. The molecule has 0 aliphatic carbocycles. The van der Waals surface area contributed by atoms with Crippen molar-refractivity contribution >= 4 is 35.4 Å². The van der Waals surface area contributed by atoms with Crippen LogP contribution in [-0.4, -0.2) is 46.4 Å². The number of fused-ring (bicyclic) bond motifs is 1. The Morgan fingerprint density at radius 2 is 1.85 bits per heavy atom. The Morgan fingerprint density at radius 3 is 2.47 bits per heavy atom. The van der Waals surface area contributed by atoms with Crippen LogP contribution >= 0.6 is 11.6 Å². The molecule has 2 N–H and O–H groups in total. The van der Waals surface area contributed by atoms with E-state index in [9.17, 15) is 0 Å². The van der Waals surface area contributed by atoms with Gasteiger partial charge in [0.2, 0.25) is 0 Å². The molecule has 0 amide bonds. The van der Waals surface area contributed by atoms with Gasteiger partial charge in [0.25, 0.3) is 0 Å². The average molecular weight is 485 g/mol. The zero-order valence-corrected chi connectivity index (χ0v) is 21.5. The predicted octanol–water partition coefficient (Wildman–Crippen LogP) is 6.09. The van der Waals surface area contributed by atoms with E-state index in [-0.39, 0.29) is 0 Å². The quantitative estimate of drug-likeness (QED) is 0.396. The molecule has 0 spiro atoms. The Balaban J connectivity index is 0.000000970. The summed E-state index contributed by atoms with van der Waals surface area (Å²) in [5.41, 5.74) is 3.54. The number of imidazole rings is 1. The number of nitrogens with one attached hydrogen (secondary N) is 2. The molecule has 0 radical (unpaired) electrons. The number of benzene rings is 1. The van der Waals surface area contributed by atoms with E-state index in [0.29, 0.717) is 45.5 Å². The molecule has 1 aliphatic rings. The lowest BCUT2D eigenvalue weighted by Crippen LogP contribution is -2.02. The van der Waals surface area contributed by atoms with E-state index in [2.05, 4.69) is 26.6 Å². The van der Waals surface area contributed by atoms with E-state index in [1.165, 1.54) is 6.21 Å². The number of halogens is 1. The molecule has 4 rings (SSSR count). The number of nitrogens with zero attached hydrogens (tertiary/aromatic N) is 4. The summed E-state index contributed by atoms with van der Waals surface area (Å²) in [6, 6.07) is 3.45. The van der Waals surface area contributed by atoms with Crippen molar-refractivity contribution in [2.45, 2.75) is 47.1 Å². The standard InChI is InChI=1S/C21H21ClN6O2.2C2H6/c1-12(13-7-18(29-2)19(30-3)8-15(13)22)14-10-28(27-17(14)9-23)11-20-25-16-5-4-6-24-21(16)26-20;2*1-2/h6-10,23H,1,4-5,11H2,2-3H3,(H,25,26);2*1-2H3. The van der Waals surface area contributed by atoms with E-state index in [1.807, 2.05) is 40.1 Å². The van der Waals surface area contributed by atoms with Crippen molar-refractivity contribution < 1.29 is 9.47 Å². The molecule has 2 aromatic heterocycles. The fourth-order valence-electron chi connectivity index (χ4n) is 3.41. The lowest BCUT2D eigenvalue weighted by Gasteiger charge is -2.13. The maximum absolute atomic E-state index is 7.77. The first-order valence-corrected chi connectivity index (χ1v) is 11.7. The highest BCUT2D eigenvalue weighted by atomic mass is 35.5. The summed E-state index contributed by atoms with van der Waals surface area (Å²) in [7, 11) is 3.12. The summed E-state index contributed by atoms with van der Waals surface area (Å²) >= 11 is 6.46. The summed E-state index contributed by atoms with van der Waals surface area (Å²) < 4.78 is 12.4. The largest absolute Gasteiger partial charge is 0.493 e. The van der Waals surface area contributed by atoms with E-state index in [0.717, 1.165) is 30.2 Å². The van der Waals surface area contributed by atoms with Gasteiger partial charge in [0.1, 0.15) is 11.5 Å². The summed E-state index contributed by atoms with van der Waals surface area (Å²) in [5.74, 6) is 2.58. The monoisotopic (exact) mass is 484 g/mol. The maximum Gasteiger partial charge on any atom is 0.173 e. The van der Waals surface area contributed by atoms with Crippen LogP contribution in [-0.2, 0) is 13.0 Å². The first-order valence-electron chi connectivity index (χ1n) is 11.3. The van der Waals surface area contributed by atoms with Gasteiger partial charge < -0.3 is 19.9 Å². The van der Waals surface area contributed by atoms with Gasteiger partial charge in [0.05, 0.1) is 31.5 Å². The van der Waals surface area contributed by atoms with Gasteiger partial charge in [0.15, 0.2) is 17.3 Å². The number of H-pyrrole nitrogens is 1. The van der Waals surface area contributed by atoms with Gasteiger partial charge in [-0.05, 0) is 24.5 Å². The number of methoxy groups -OCH3 is 2. The molecule has 1 aromatic carbocycles. The third-order valence-electron chi connectivity index (χ3n) is 4.91. The summed E-state index contributed by atoms with van der Waals surface area (Å²) in [4.78, 5) is 12.2. The Kier molecular flexibility index (Phi) is 10.1. The molecule has 0 saturated carbocycles. The molecule has 9 heteroatoms. The third-order valence-corrected chi connectivity index (χ3v) is 5.22. The van der Waals surface area contributed by atoms with Gasteiger partial charge in [-0.25, -0.2) is 9.98 Å². The van der Waals surface area contributed by atoms with Crippen LogP contribution in [0.15, 0.2) is 29.9 Å². The third kappa shape index (κ3) is 5.75. The molecule has 1 aliphatic heterocycles. The van der Waals surface area contributed by atoms with Gasteiger partial charge >= 0.3 is 0 Å². The van der Waals surface area contributed by atoms with E-state index in [4.69, 9.17) is 26.5 Å². The van der Waals surface area contributed by atoms with E-state index >= 15 is 0 Å². The minimum Gasteiger partial charge on any atom is -0.493 e. The molecule has 3 heterocycles. The van der Waals surface area contributed by atoms with Crippen LogP contribution in [0, 0.1) is 5.41 Å². The zero-order valence-electron chi connectivity index (χ0n) is 20.7. The molecule has 0 unspecified atom stereocenters. The molecular weight excluding hydrogens is 452 g/mol. The smallest absolute Gasteiger partial charge is 0.173 e. The Bertz CT molecular complexity index is 1160. The van der Waals surface area contributed by atoms with Crippen LogP contribution < -0.4 is 9.47 Å². The number of ether oxygens (including phenoxy) is 2. The fourth-order valence-corrected chi connectivity index (χ4v) is 3.68. The van der Waals surface area contributed by atoms with Gasteiger partial charge in [-0.1, -0.05) is 45.9 Å². The minimum atomic E-state index is 0.427. The first kappa shape index (κ1) is 26.9. The van der Waals surface area contributed by atoms with E-state index in [1.54, 1.807) is 31.0 Å². The molecule has 0 fully saturated rings. The molecule has 34 heavy (non-hydrogen) atoms. The number of aromatic nitrogens is 4. The zero-order chi connectivity index (χ0) is 25.3. The molecular formula is C25H33ClN6O2. The van der Waals surface area contributed by atoms with E-state index < -0.39 is 0 Å². The number of rotatable bonds is 7. The van der Waals surface area contributed by atoms with Crippen LogP contribution in [0.4, 0.5) is 5.82 Å². The summed E-state index contributed by atoms with van der Waals surface area (Å²) in [6.45, 7) is 12.6. The second-order valence-corrected chi connectivity index (χ2v) is 7.18. The minimum absolute atomic E-state index is 0.427. The Morgan fingerprint density at radius 1 is 1.18 bits per heavy atom. The topological polar surface area (TPSA) is 101 Å². The van der Waals surface area contributed by atoms with Crippen LogP contribution in [0.5, 0.6) is 11.5 Å². The van der Waals surface area contributed by atoms with Crippen molar-refractivity contribution in [1.82, 2.24) is 19.7 Å². The van der Waals surface area contributed by atoms with Gasteiger partial charge in [-0.15, -0.1) is 0 Å². The maximum atomic E-state index is 7.77. The number of hydrogen-bond donors (Lipinski definition) is 2.